The molecule has 2 aromatic rings. The van der Waals surface area contributed by atoms with Gasteiger partial charge in [0.25, 0.3) is 0 Å². The van der Waals surface area contributed by atoms with Gasteiger partial charge in [0.1, 0.15) is 5.75 Å². The molecule has 0 radical (unpaired) electrons. The van der Waals surface area contributed by atoms with Crippen LogP contribution in [0.25, 0.3) is 0 Å². The maximum Gasteiger partial charge on any atom is 0.240 e. The molecule has 0 heterocycles. The van der Waals surface area contributed by atoms with Gasteiger partial charge in [0.05, 0.1) is 6.21 Å². The minimum Gasteiger partial charge on any atom is -0.507 e. The van der Waals surface area contributed by atoms with Crippen LogP contribution in [0.5, 0.6) is 5.75 Å². The maximum atomic E-state index is 12.0. The second-order valence-electron chi connectivity index (χ2n) is 6.67. The first kappa shape index (κ1) is 23.2. The molecule has 0 bridgehead atoms. The number of carbonyl (C=O) groups is 2. The molecule has 0 aromatic heterocycles. The molecule has 2 amide bonds. The SMILES string of the molecule is CCN(CC)c1ccc(C=NNC(=O)CCC(=O)Nc2cccc(Cl)c2C)c(O)c1. The Morgan fingerprint density at radius 3 is 2.50 bits per heavy atom. The number of nitrogens with one attached hydrogen (secondary N) is 2. The van der Waals surface area contributed by atoms with E-state index in [0.29, 0.717) is 16.3 Å². The highest BCUT2D eigenvalue weighted by atomic mass is 35.5. The molecule has 0 fully saturated rings. The zero-order valence-corrected chi connectivity index (χ0v) is 18.2. The van der Waals surface area contributed by atoms with Gasteiger partial charge in [-0.2, -0.15) is 5.10 Å². The molecule has 3 N–H and O–H groups in total. The molecule has 160 valence electrons. The van der Waals surface area contributed by atoms with Crippen molar-refractivity contribution >= 4 is 41.0 Å². The monoisotopic (exact) mass is 430 g/mol. The molecule has 0 saturated carbocycles. The number of aromatic hydroxyl groups is 1. The van der Waals surface area contributed by atoms with Crippen molar-refractivity contribution in [2.45, 2.75) is 33.6 Å². The van der Waals surface area contributed by atoms with Crippen LogP contribution in [0.4, 0.5) is 11.4 Å². The fourth-order valence-electron chi connectivity index (χ4n) is 2.84. The number of hydrogen-bond acceptors (Lipinski definition) is 5. The molecule has 8 heteroatoms. The number of carbonyl (C=O) groups excluding carboxylic acids is 2. The van der Waals surface area contributed by atoms with Crippen LogP contribution >= 0.6 is 11.6 Å². The van der Waals surface area contributed by atoms with Crippen molar-refractivity contribution in [2.75, 3.05) is 23.3 Å². The van der Waals surface area contributed by atoms with Crippen LogP contribution in [0.2, 0.25) is 5.02 Å². The minimum absolute atomic E-state index is 0.0110. The predicted octanol–water partition coefficient (Wildman–Crippen LogP) is 4.07. The predicted molar refractivity (Wildman–Crippen MR) is 121 cm³/mol. The molecule has 0 saturated heterocycles. The Morgan fingerprint density at radius 2 is 1.83 bits per heavy atom. The van der Waals surface area contributed by atoms with Crippen LogP contribution in [-0.4, -0.2) is 36.2 Å². The molecule has 0 aliphatic carbocycles. The molecule has 0 unspecified atom stereocenters. The molecular formula is C22H27ClN4O3. The van der Waals surface area contributed by atoms with E-state index in [1.807, 2.05) is 26.8 Å². The third-order valence-corrected chi connectivity index (χ3v) is 5.07. The van der Waals surface area contributed by atoms with Crippen molar-refractivity contribution in [3.63, 3.8) is 0 Å². The molecule has 0 aliphatic rings. The van der Waals surface area contributed by atoms with Gasteiger partial charge in [0, 0.05) is 54.0 Å². The van der Waals surface area contributed by atoms with Gasteiger partial charge >= 0.3 is 0 Å². The number of amides is 2. The highest BCUT2D eigenvalue weighted by Crippen LogP contribution is 2.24. The lowest BCUT2D eigenvalue weighted by Crippen LogP contribution is -2.21. The first-order valence-electron chi connectivity index (χ1n) is 9.80. The second-order valence-corrected chi connectivity index (χ2v) is 7.08. The van der Waals surface area contributed by atoms with Gasteiger partial charge in [-0.15, -0.1) is 0 Å². The van der Waals surface area contributed by atoms with E-state index in [2.05, 4.69) is 20.7 Å². The van der Waals surface area contributed by atoms with Gasteiger partial charge in [-0.25, -0.2) is 5.43 Å². The van der Waals surface area contributed by atoms with Crippen molar-refractivity contribution in [1.29, 1.82) is 0 Å². The molecule has 2 rings (SSSR count). The van der Waals surface area contributed by atoms with E-state index in [4.69, 9.17) is 11.6 Å². The van der Waals surface area contributed by atoms with Crippen molar-refractivity contribution < 1.29 is 14.7 Å². The van der Waals surface area contributed by atoms with E-state index in [1.165, 1.54) is 6.21 Å². The van der Waals surface area contributed by atoms with E-state index >= 15 is 0 Å². The molecule has 0 aliphatic heterocycles. The van der Waals surface area contributed by atoms with Gasteiger partial charge in [-0.1, -0.05) is 17.7 Å². The number of nitrogens with zero attached hydrogens (tertiary/aromatic N) is 2. The van der Waals surface area contributed by atoms with Crippen LogP contribution in [0.15, 0.2) is 41.5 Å². The third kappa shape index (κ3) is 6.49. The Labute approximate surface area is 181 Å². The number of phenolic OH excluding ortho intramolecular Hbond substituents is 1. The number of phenols is 1. The van der Waals surface area contributed by atoms with Gasteiger partial charge in [-0.05, 0) is 50.6 Å². The maximum absolute atomic E-state index is 12.0. The normalized spacial score (nSPS) is 10.8. The van der Waals surface area contributed by atoms with Crippen LogP contribution in [0.3, 0.4) is 0 Å². The Balaban J connectivity index is 1.83. The first-order valence-corrected chi connectivity index (χ1v) is 10.2. The van der Waals surface area contributed by atoms with E-state index < -0.39 is 5.91 Å². The lowest BCUT2D eigenvalue weighted by molar-refractivity contribution is -0.124. The Kier molecular flexibility index (Phi) is 8.68. The minimum atomic E-state index is -0.400. The fourth-order valence-corrected chi connectivity index (χ4v) is 3.01. The molecule has 7 nitrogen and oxygen atoms in total. The Bertz CT molecular complexity index is 927. The summed E-state index contributed by atoms with van der Waals surface area (Å²) in [5, 5.41) is 17.3. The summed E-state index contributed by atoms with van der Waals surface area (Å²) in [7, 11) is 0. The average Bonchev–Trinajstić information content (AvgIpc) is 2.72. The summed E-state index contributed by atoms with van der Waals surface area (Å²) in [6.07, 6.45) is 1.36. The van der Waals surface area contributed by atoms with Crippen LogP contribution in [-0.2, 0) is 9.59 Å². The van der Waals surface area contributed by atoms with Gasteiger partial charge in [0.2, 0.25) is 11.8 Å². The van der Waals surface area contributed by atoms with Crippen molar-refractivity contribution in [3.05, 3.63) is 52.5 Å². The molecule has 30 heavy (non-hydrogen) atoms. The summed E-state index contributed by atoms with van der Waals surface area (Å²) >= 11 is 6.03. The number of halogens is 1. The molecular weight excluding hydrogens is 404 g/mol. The standard InChI is InChI=1S/C22H27ClN4O3/c1-4-27(5-2)17-10-9-16(20(28)13-17)14-24-26-22(30)12-11-21(29)25-19-8-6-7-18(23)15(19)3/h6-10,13-14,28H,4-5,11-12H2,1-3H3,(H,25,29)(H,26,30). The smallest absolute Gasteiger partial charge is 0.240 e. The lowest BCUT2D eigenvalue weighted by atomic mass is 10.2. The van der Waals surface area contributed by atoms with Gasteiger partial charge < -0.3 is 15.3 Å². The van der Waals surface area contributed by atoms with E-state index in [1.54, 1.807) is 30.3 Å². The number of hydrazone groups is 1. The zero-order valence-electron chi connectivity index (χ0n) is 17.4. The largest absolute Gasteiger partial charge is 0.507 e. The Hall–Kier alpha value is -3.06. The van der Waals surface area contributed by atoms with Crippen LogP contribution < -0.4 is 15.6 Å². The van der Waals surface area contributed by atoms with E-state index in [9.17, 15) is 14.7 Å². The lowest BCUT2D eigenvalue weighted by Gasteiger charge is -2.21. The van der Waals surface area contributed by atoms with Gasteiger partial charge in [0.15, 0.2) is 0 Å². The van der Waals surface area contributed by atoms with Crippen LogP contribution in [0, 0.1) is 6.92 Å². The number of anilines is 2. The third-order valence-electron chi connectivity index (χ3n) is 4.66. The summed E-state index contributed by atoms with van der Waals surface area (Å²) in [5.74, 6) is -0.610. The Morgan fingerprint density at radius 1 is 1.13 bits per heavy atom. The van der Waals surface area contributed by atoms with Gasteiger partial charge in [-0.3, -0.25) is 9.59 Å². The average molecular weight is 431 g/mol. The van der Waals surface area contributed by atoms with E-state index in [0.717, 1.165) is 24.3 Å². The fraction of sp³-hybridized carbons (Fsp3) is 0.318. The van der Waals surface area contributed by atoms with E-state index in [-0.39, 0.29) is 24.5 Å². The highest BCUT2D eigenvalue weighted by Gasteiger charge is 2.10. The number of benzene rings is 2. The molecule has 2 aromatic carbocycles. The topological polar surface area (TPSA) is 94.0 Å². The highest BCUT2D eigenvalue weighted by molar-refractivity contribution is 6.31. The first-order chi connectivity index (χ1) is 14.3. The number of hydrogen-bond donors (Lipinski definition) is 3. The molecule has 0 atom stereocenters. The number of rotatable bonds is 9. The van der Waals surface area contributed by atoms with Crippen molar-refractivity contribution in [3.8, 4) is 5.75 Å². The quantitative estimate of drug-likeness (QED) is 0.413. The summed E-state index contributed by atoms with van der Waals surface area (Å²) in [6, 6.07) is 10.5. The van der Waals surface area contributed by atoms with Crippen molar-refractivity contribution in [1.82, 2.24) is 5.43 Å². The summed E-state index contributed by atoms with van der Waals surface area (Å²) in [4.78, 5) is 26.1. The summed E-state index contributed by atoms with van der Waals surface area (Å²) < 4.78 is 0. The van der Waals surface area contributed by atoms with Crippen LogP contribution in [0.1, 0.15) is 37.8 Å². The second kappa shape index (κ2) is 11.2. The summed E-state index contributed by atoms with van der Waals surface area (Å²) in [6.45, 7) is 7.57. The summed E-state index contributed by atoms with van der Waals surface area (Å²) in [5.41, 5.74) is 5.16. The van der Waals surface area contributed by atoms with Crippen molar-refractivity contribution in [2.24, 2.45) is 5.10 Å². The molecule has 0 spiro atoms. The zero-order chi connectivity index (χ0) is 22.1.